The minimum atomic E-state index is 0.449. The number of thioether (sulfide) groups is 1. The van der Waals surface area contributed by atoms with Gasteiger partial charge in [0.1, 0.15) is 0 Å². The topological polar surface area (TPSA) is 15.3 Å². The summed E-state index contributed by atoms with van der Waals surface area (Å²) in [6.45, 7) is 12.4. The molecule has 112 valence electrons. The Morgan fingerprint density at radius 1 is 1.15 bits per heavy atom. The quantitative estimate of drug-likeness (QED) is 0.894. The molecule has 2 nitrogen and oxygen atoms in total. The highest BCUT2D eigenvalue weighted by atomic mass is 32.2. The summed E-state index contributed by atoms with van der Waals surface area (Å²) in [5, 5.41) is 3.37. The Morgan fingerprint density at radius 3 is 2.55 bits per heavy atom. The molecule has 1 aliphatic rings. The van der Waals surface area contributed by atoms with Gasteiger partial charge in [0, 0.05) is 30.1 Å². The van der Waals surface area contributed by atoms with Gasteiger partial charge in [0.05, 0.1) is 0 Å². The van der Waals surface area contributed by atoms with E-state index in [9.17, 15) is 0 Å². The highest BCUT2D eigenvalue weighted by Crippen LogP contribution is 2.31. The Bertz CT molecular complexity index is 400. The predicted octanol–water partition coefficient (Wildman–Crippen LogP) is 3.51. The van der Waals surface area contributed by atoms with Gasteiger partial charge < -0.3 is 5.32 Å². The smallest absolute Gasteiger partial charge is 0.0234 e. The van der Waals surface area contributed by atoms with E-state index >= 15 is 0 Å². The fourth-order valence-electron chi connectivity index (χ4n) is 2.51. The molecule has 0 saturated carbocycles. The number of hydrogen-bond acceptors (Lipinski definition) is 3. The van der Waals surface area contributed by atoms with Gasteiger partial charge in [-0.15, -0.1) is 0 Å². The average Bonchev–Trinajstić information content (AvgIpc) is 2.59. The Hall–Kier alpha value is -0.510. The minimum Gasteiger partial charge on any atom is -0.313 e. The van der Waals surface area contributed by atoms with Crippen molar-refractivity contribution in [3.63, 3.8) is 0 Å². The molecule has 1 aliphatic heterocycles. The van der Waals surface area contributed by atoms with E-state index in [2.05, 4.69) is 67.0 Å². The molecule has 0 unspecified atom stereocenters. The number of rotatable bonds is 5. The molecule has 0 amide bonds. The van der Waals surface area contributed by atoms with Gasteiger partial charge in [-0.25, -0.2) is 0 Å². The number of nitrogens with one attached hydrogen (secondary N) is 1. The molecule has 0 aromatic heterocycles. The van der Waals surface area contributed by atoms with E-state index in [1.165, 1.54) is 36.4 Å². The number of benzene rings is 1. The van der Waals surface area contributed by atoms with Gasteiger partial charge in [0.2, 0.25) is 0 Å². The molecule has 0 aliphatic carbocycles. The van der Waals surface area contributed by atoms with Crippen molar-refractivity contribution in [2.45, 2.75) is 45.0 Å². The maximum absolute atomic E-state index is 3.37. The van der Waals surface area contributed by atoms with E-state index in [1.807, 2.05) is 0 Å². The maximum atomic E-state index is 3.37. The molecule has 1 aromatic carbocycles. The van der Waals surface area contributed by atoms with Crippen molar-refractivity contribution >= 4 is 11.8 Å². The molecule has 1 N–H and O–H groups in total. The molecule has 3 heteroatoms. The minimum absolute atomic E-state index is 0.449. The molecule has 0 radical (unpaired) electrons. The monoisotopic (exact) mass is 292 g/mol. The zero-order chi connectivity index (χ0) is 14.4. The van der Waals surface area contributed by atoms with Gasteiger partial charge in [-0.05, 0) is 30.6 Å². The lowest BCUT2D eigenvalue weighted by molar-refractivity contribution is 0.276. The molecule has 1 fully saturated rings. The van der Waals surface area contributed by atoms with Gasteiger partial charge >= 0.3 is 0 Å². The van der Waals surface area contributed by atoms with Crippen LogP contribution in [0.4, 0.5) is 0 Å². The Balaban J connectivity index is 1.86. The third-order valence-corrected chi connectivity index (χ3v) is 5.31. The summed E-state index contributed by atoms with van der Waals surface area (Å²) < 4.78 is 0.449. The van der Waals surface area contributed by atoms with Crippen LogP contribution in [0.25, 0.3) is 0 Å². The van der Waals surface area contributed by atoms with Crippen molar-refractivity contribution in [2.24, 2.45) is 0 Å². The summed E-state index contributed by atoms with van der Waals surface area (Å²) in [4.78, 5) is 2.60. The number of nitrogens with zero attached hydrogens (tertiary/aromatic N) is 1. The van der Waals surface area contributed by atoms with Gasteiger partial charge in [-0.1, -0.05) is 45.0 Å². The zero-order valence-electron chi connectivity index (χ0n) is 13.1. The summed E-state index contributed by atoms with van der Waals surface area (Å²) in [6.07, 6.45) is 1.29. The zero-order valence-corrected chi connectivity index (χ0v) is 13.9. The van der Waals surface area contributed by atoms with Crippen LogP contribution in [0.2, 0.25) is 0 Å². The van der Waals surface area contributed by atoms with Crippen LogP contribution in [0, 0.1) is 0 Å². The van der Waals surface area contributed by atoms with Crippen LogP contribution < -0.4 is 5.32 Å². The molecule has 1 saturated heterocycles. The van der Waals surface area contributed by atoms with E-state index < -0.39 is 0 Å². The largest absolute Gasteiger partial charge is 0.313 e. The first-order chi connectivity index (χ1) is 9.59. The summed E-state index contributed by atoms with van der Waals surface area (Å²) in [5.41, 5.74) is 2.82. The second-order valence-electron chi connectivity index (χ2n) is 6.23. The third kappa shape index (κ3) is 5.12. The lowest BCUT2D eigenvalue weighted by Crippen LogP contribution is -2.26. The molecular formula is C17H28N2S. The second kappa shape index (κ2) is 7.48. The third-order valence-electron chi connectivity index (χ3n) is 3.94. The molecule has 2 rings (SSSR count). The van der Waals surface area contributed by atoms with Crippen molar-refractivity contribution in [3.8, 4) is 0 Å². The van der Waals surface area contributed by atoms with Gasteiger partial charge in [-0.2, -0.15) is 11.8 Å². The van der Waals surface area contributed by atoms with Crippen LogP contribution in [0.3, 0.4) is 0 Å². The van der Waals surface area contributed by atoms with Gasteiger partial charge in [0.25, 0.3) is 0 Å². The van der Waals surface area contributed by atoms with Crippen LogP contribution >= 0.6 is 11.8 Å². The van der Waals surface area contributed by atoms with Crippen molar-refractivity contribution < 1.29 is 0 Å². The molecule has 0 atom stereocenters. The van der Waals surface area contributed by atoms with Crippen LogP contribution in [0.1, 0.15) is 38.3 Å². The first-order valence-electron chi connectivity index (χ1n) is 7.74. The average molecular weight is 292 g/mol. The van der Waals surface area contributed by atoms with E-state index in [4.69, 9.17) is 0 Å². The molecule has 1 aromatic rings. The molecule has 1 heterocycles. The Morgan fingerprint density at radius 2 is 1.85 bits per heavy atom. The second-order valence-corrected chi connectivity index (χ2v) is 8.03. The molecule has 0 bridgehead atoms. The normalized spacial score (nSPS) is 19.8. The van der Waals surface area contributed by atoms with Crippen molar-refractivity contribution in [1.29, 1.82) is 0 Å². The highest BCUT2D eigenvalue weighted by molar-refractivity contribution is 8.00. The number of hydrogen-bond donors (Lipinski definition) is 1. The lowest BCUT2D eigenvalue weighted by atomic mass is 10.1. The molecule has 0 spiro atoms. The van der Waals surface area contributed by atoms with Crippen LogP contribution in [0.15, 0.2) is 24.3 Å². The Labute approximate surface area is 128 Å². The molecule has 20 heavy (non-hydrogen) atoms. The highest BCUT2D eigenvalue weighted by Gasteiger charge is 2.23. The van der Waals surface area contributed by atoms with Crippen LogP contribution in [0.5, 0.6) is 0 Å². The van der Waals surface area contributed by atoms with E-state index in [0.29, 0.717) is 4.75 Å². The first kappa shape index (κ1) is 15.9. The van der Waals surface area contributed by atoms with E-state index in [-0.39, 0.29) is 0 Å². The summed E-state index contributed by atoms with van der Waals surface area (Å²) in [6, 6.07) is 9.09. The first-order valence-corrected chi connectivity index (χ1v) is 8.72. The summed E-state index contributed by atoms with van der Waals surface area (Å²) in [7, 11) is 0. The van der Waals surface area contributed by atoms with Gasteiger partial charge in [-0.3, -0.25) is 4.90 Å². The van der Waals surface area contributed by atoms with Crippen LogP contribution in [-0.2, 0) is 13.1 Å². The summed E-state index contributed by atoms with van der Waals surface area (Å²) in [5.74, 6) is 1.26. The SMILES string of the molecule is CCNCc1ccc(CN2CCSC(C)(C)CC2)cc1. The maximum Gasteiger partial charge on any atom is 0.0234 e. The fourth-order valence-corrected chi connectivity index (χ4v) is 3.65. The lowest BCUT2D eigenvalue weighted by Gasteiger charge is -2.22. The standard InChI is InChI=1S/C17H28N2S/c1-4-18-13-15-5-7-16(8-6-15)14-19-10-9-17(2,3)20-12-11-19/h5-8,18H,4,9-14H2,1-3H3. The van der Waals surface area contributed by atoms with Crippen molar-refractivity contribution in [3.05, 3.63) is 35.4 Å². The van der Waals surface area contributed by atoms with Crippen molar-refractivity contribution in [2.75, 3.05) is 25.4 Å². The van der Waals surface area contributed by atoms with Crippen LogP contribution in [-0.4, -0.2) is 35.0 Å². The van der Waals surface area contributed by atoms with Crippen molar-refractivity contribution in [1.82, 2.24) is 10.2 Å². The van der Waals surface area contributed by atoms with E-state index in [1.54, 1.807) is 0 Å². The molecular weight excluding hydrogens is 264 g/mol. The Kier molecular flexibility index (Phi) is 5.94. The summed E-state index contributed by atoms with van der Waals surface area (Å²) >= 11 is 2.12. The fraction of sp³-hybridized carbons (Fsp3) is 0.647. The van der Waals surface area contributed by atoms with E-state index in [0.717, 1.165) is 19.6 Å². The van der Waals surface area contributed by atoms with Gasteiger partial charge in [0.15, 0.2) is 0 Å². The predicted molar refractivity (Wildman–Crippen MR) is 90.3 cm³/mol.